The first-order valence-electron chi connectivity index (χ1n) is 13.4. The largest absolute Gasteiger partial charge is 0.333 e. The van der Waals surface area contributed by atoms with Gasteiger partial charge in [-0.3, -0.25) is 4.98 Å². The molecule has 5 heteroatoms. The molecule has 0 bridgehead atoms. The summed E-state index contributed by atoms with van der Waals surface area (Å²) in [6.07, 6.45) is 12.9. The third-order valence-corrected chi connectivity index (χ3v) is 8.93. The second kappa shape index (κ2) is 10.1. The zero-order valence-corrected chi connectivity index (χ0v) is 23.5. The SMILES string of the molecule is Cc1ccc(N(c2cnc3c(c2)C(C)(C)c2cc(/C=C/C=C(C#N)C#N)sc2-3)C2C=c3ccccc3=CC2)cc1. The van der Waals surface area contributed by atoms with Gasteiger partial charge in [-0.2, -0.15) is 10.5 Å². The number of hydrogen-bond acceptors (Lipinski definition) is 5. The predicted octanol–water partition coefficient (Wildman–Crippen LogP) is 6.92. The van der Waals surface area contributed by atoms with Gasteiger partial charge in [0.25, 0.3) is 0 Å². The predicted molar refractivity (Wildman–Crippen MR) is 164 cm³/mol. The monoisotopic (exact) mass is 536 g/mol. The fourth-order valence-corrected chi connectivity index (χ4v) is 6.89. The number of hydrogen-bond donors (Lipinski definition) is 0. The lowest BCUT2D eigenvalue weighted by Gasteiger charge is -2.33. The number of fused-ring (bicyclic) bond motifs is 4. The van der Waals surface area contributed by atoms with Gasteiger partial charge in [-0.25, -0.2) is 0 Å². The van der Waals surface area contributed by atoms with E-state index in [-0.39, 0.29) is 17.0 Å². The molecule has 2 aliphatic carbocycles. The van der Waals surface area contributed by atoms with Crippen molar-refractivity contribution in [3.8, 4) is 22.7 Å². The lowest BCUT2D eigenvalue weighted by molar-refractivity contribution is 0.659. The zero-order chi connectivity index (χ0) is 27.9. The molecule has 0 saturated carbocycles. The molecule has 2 heterocycles. The molecule has 1 unspecified atom stereocenters. The quantitative estimate of drug-likeness (QED) is 0.205. The minimum absolute atomic E-state index is 0.0923. The zero-order valence-electron chi connectivity index (χ0n) is 22.7. The van der Waals surface area contributed by atoms with Crippen molar-refractivity contribution in [2.45, 2.75) is 38.6 Å². The summed E-state index contributed by atoms with van der Waals surface area (Å²) >= 11 is 1.70. The summed E-state index contributed by atoms with van der Waals surface area (Å²) in [6, 6.07) is 25.8. The Morgan fingerprint density at radius 1 is 1.00 bits per heavy atom. The van der Waals surface area contributed by atoms with Gasteiger partial charge in [-0.1, -0.05) is 74.0 Å². The molecule has 4 nitrogen and oxygen atoms in total. The number of rotatable bonds is 5. The third kappa shape index (κ3) is 4.45. The molecule has 194 valence electrons. The first-order valence-corrected chi connectivity index (χ1v) is 14.2. The molecule has 6 rings (SSSR count). The summed E-state index contributed by atoms with van der Waals surface area (Å²) in [6.45, 7) is 6.65. The Labute approximate surface area is 238 Å². The van der Waals surface area contributed by atoms with E-state index in [2.05, 4.69) is 98.5 Å². The summed E-state index contributed by atoms with van der Waals surface area (Å²) in [5.41, 5.74) is 6.90. The standard InChI is InChI=1S/C35H28N4S/c1-23-11-14-27(15-12-23)39(28-16-13-25-8-4-5-9-26(25)17-28)29-18-31-33(38-22-29)34-32(35(31,2)3)19-30(40-34)10-6-7-24(20-36)21-37/h4-15,17-19,22,28H,16H2,1-3H3/b10-6+. The van der Waals surface area contributed by atoms with E-state index in [0.717, 1.165) is 28.4 Å². The van der Waals surface area contributed by atoms with Crippen LogP contribution in [0.3, 0.4) is 0 Å². The molecule has 1 atom stereocenters. The van der Waals surface area contributed by atoms with Gasteiger partial charge in [0.2, 0.25) is 0 Å². The van der Waals surface area contributed by atoms with Crippen LogP contribution in [0.4, 0.5) is 11.4 Å². The minimum atomic E-state index is -0.204. The molecular formula is C35H28N4S. The van der Waals surface area contributed by atoms with Crippen molar-refractivity contribution in [2.24, 2.45) is 0 Å². The van der Waals surface area contributed by atoms with Crippen LogP contribution in [0, 0.1) is 29.6 Å². The van der Waals surface area contributed by atoms with E-state index in [0.29, 0.717) is 0 Å². The van der Waals surface area contributed by atoms with Crippen molar-refractivity contribution in [1.82, 2.24) is 4.98 Å². The van der Waals surface area contributed by atoms with E-state index < -0.39 is 0 Å². The topological polar surface area (TPSA) is 63.7 Å². The molecule has 40 heavy (non-hydrogen) atoms. The van der Waals surface area contributed by atoms with E-state index >= 15 is 0 Å². The summed E-state index contributed by atoms with van der Waals surface area (Å²) in [7, 11) is 0. The van der Waals surface area contributed by atoms with Crippen LogP contribution in [0.25, 0.3) is 28.8 Å². The van der Waals surface area contributed by atoms with Gasteiger partial charge in [0.05, 0.1) is 28.5 Å². The molecular weight excluding hydrogens is 508 g/mol. The van der Waals surface area contributed by atoms with Crippen molar-refractivity contribution < 1.29 is 0 Å². The number of nitrogens with zero attached hydrogens (tertiary/aromatic N) is 4. The van der Waals surface area contributed by atoms with Gasteiger partial charge < -0.3 is 4.90 Å². The fourth-order valence-electron chi connectivity index (χ4n) is 5.65. The lowest BCUT2D eigenvalue weighted by Crippen LogP contribution is -2.38. The molecule has 2 aromatic carbocycles. The highest BCUT2D eigenvalue weighted by molar-refractivity contribution is 7.16. The van der Waals surface area contributed by atoms with Crippen LogP contribution < -0.4 is 15.3 Å². The van der Waals surface area contributed by atoms with Crippen LogP contribution in [-0.2, 0) is 5.41 Å². The number of allylic oxidation sites excluding steroid dienone is 3. The van der Waals surface area contributed by atoms with E-state index in [1.165, 1.54) is 32.0 Å². The van der Waals surface area contributed by atoms with Crippen LogP contribution in [0.5, 0.6) is 0 Å². The second-order valence-corrected chi connectivity index (χ2v) is 11.9. The highest BCUT2D eigenvalue weighted by Crippen LogP contribution is 2.52. The highest BCUT2D eigenvalue weighted by atomic mass is 32.1. The molecule has 0 aliphatic heterocycles. The van der Waals surface area contributed by atoms with E-state index in [4.69, 9.17) is 15.5 Å². The second-order valence-electron chi connectivity index (χ2n) is 10.8. The van der Waals surface area contributed by atoms with Crippen molar-refractivity contribution in [2.75, 3.05) is 4.90 Å². The van der Waals surface area contributed by atoms with Crippen molar-refractivity contribution in [3.05, 3.63) is 117 Å². The average molecular weight is 537 g/mol. The third-order valence-electron chi connectivity index (χ3n) is 7.82. The maximum absolute atomic E-state index is 8.98. The number of anilines is 2. The highest BCUT2D eigenvalue weighted by Gasteiger charge is 2.39. The Morgan fingerprint density at radius 3 is 2.50 bits per heavy atom. The Morgan fingerprint density at radius 2 is 1.75 bits per heavy atom. The molecule has 0 saturated heterocycles. The minimum Gasteiger partial charge on any atom is -0.333 e. The molecule has 2 aliphatic rings. The van der Waals surface area contributed by atoms with Gasteiger partial charge in [0.15, 0.2) is 0 Å². The van der Waals surface area contributed by atoms with Crippen LogP contribution in [0.2, 0.25) is 0 Å². The first kappa shape index (κ1) is 25.6. The van der Waals surface area contributed by atoms with Gasteiger partial charge in [-0.15, -0.1) is 11.3 Å². The van der Waals surface area contributed by atoms with Crippen LogP contribution in [0.15, 0.2) is 84.6 Å². The van der Waals surface area contributed by atoms with Crippen LogP contribution in [0.1, 0.15) is 41.8 Å². The Hall–Kier alpha value is -4.71. The van der Waals surface area contributed by atoms with Gasteiger partial charge in [0, 0.05) is 16.0 Å². The molecule has 0 fully saturated rings. The van der Waals surface area contributed by atoms with E-state index in [1.54, 1.807) is 23.5 Å². The average Bonchev–Trinajstić information content (AvgIpc) is 3.49. The summed E-state index contributed by atoms with van der Waals surface area (Å²) in [5.74, 6) is 0. The lowest BCUT2D eigenvalue weighted by atomic mass is 9.83. The van der Waals surface area contributed by atoms with Crippen LogP contribution in [-0.4, -0.2) is 11.0 Å². The Bertz CT molecular complexity index is 1880. The maximum Gasteiger partial charge on any atom is 0.129 e. The molecule has 0 spiro atoms. The summed E-state index contributed by atoms with van der Waals surface area (Å²) in [4.78, 5) is 9.75. The molecule has 0 N–H and O–H groups in total. The summed E-state index contributed by atoms with van der Waals surface area (Å²) in [5, 5.41) is 20.5. The number of thiophene rings is 1. The molecule has 4 aromatic rings. The number of benzene rings is 2. The Balaban J connectivity index is 1.41. The summed E-state index contributed by atoms with van der Waals surface area (Å²) < 4.78 is 0. The number of nitriles is 2. The number of aromatic nitrogens is 1. The normalized spacial score (nSPS) is 16.0. The van der Waals surface area contributed by atoms with Gasteiger partial charge in [-0.05, 0) is 71.3 Å². The van der Waals surface area contributed by atoms with E-state index in [1.807, 2.05) is 24.4 Å². The first-order chi connectivity index (χ1) is 19.4. The maximum atomic E-state index is 8.98. The molecule has 0 amide bonds. The van der Waals surface area contributed by atoms with Crippen molar-refractivity contribution in [3.63, 3.8) is 0 Å². The van der Waals surface area contributed by atoms with Gasteiger partial charge >= 0.3 is 0 Å². The molecule has 0 radical (unpaired) electrons. The fraction of sp³-hybridized carbons (Fsp3) is 0.171. The number of aryl methyl sites for hydroxylation is 1. The number of pyridine rings is 1. The Kier molecular flexibility index (Phi) is 6.46. The van der Waals surface area contributed by atoms with Gasteiger partial charge in [0.1, 0.15) is 17.7 Å². The van der Waals surface area contributed by atoms with E-state index in [9.17, 15) is 0 Å². The smallest absolute Gasteiger partial charge is 0.129 e. The molecule has 2 aromatic heterocycles. The van der Waals surface area contributed by atoms with Crippen LogP contribution >= 0.6 is 11.3 Å². The van der Waals surface area contributed by atoms with Crippen molar-refractivity contribution in [1.29, 1.82) is 10.5 Å². The van der Waals surface area contributed by atoms with Crippen molar-refractivity contribution >= 4 is 40.9 Å².